The molecular weight excluding hydrogens is 386 g/mol. The lowest BCUT2D eigenvalue weighted by molar-refractivity contribution is -0.123. The highest BCUT2D eigenvalue weighted by Crippen LogP contribution is 2.24. The lowest BCUT2D eigenvalue weighted by atomic mass is 10.2. The molecule has 1 aromatic heterocycles. The quantitative estimate of drug-likeness (QED) is 0.626. The first-order valence-corrected chi connectivity index (χ1v) is 8.51. The number of hydrogen-bond donors (Lipinski definition) is 1. The Labute approximate surface area is 153 Å². The highest BCUT2D eigenvalue weighted by atomic mass is 79.9. The zero-order chi connectivity index (χ0) is 17.8. The number of amides is 1. The number of ether oxygens (including phenoxy) is 1. The van der Waals surface area contributed by atoms with Crippen LogP contribution in [-0.4, -0.2) is 18.8 Å². The molecular formula is C19H16BrNO4. The zero-order valence-corrected chi connectivity index (χ0v) is 15.1. The Bertz CT molecular complexity index is 886. The predicted molar refractivity (Wildman–Crippen MR) is 97.8 cm³/mol. The highest BCUT2D eigenvalue weighted by Gasteiger charge is 2.15. The van der Waals surface area contributed by atoms with Crippen LogP contribution in [0.5, 0.6) is 5.75 Å². The van der Waals surface area contributed by atoms with Gasteiger partial charge in [0.25, 0.3) is 5.91 Å². The van der Waals surface area contributed by atoms with Crippen molar-refractivity contribution in [2.24, 2.45) is 0 Å². The molecule has 3 rings (SSSR count). The number of aldehydes is 1. The normalized spacial score (nSPS) is 11.9. The van der Waals surface area contributed by atoms with Gasteiger partial charge in [-0.25, -0.2) is 0 Å². The number of benzene rings is 2. The molecule has 0 bridgehead atoms. The number of furan rings is 1. The Morgan fingerprint density at radius 2 is 2.08 bits per heavy atom. The van der Waals surface area contributed by atoms with Gasteiger partial charge in [0, 0.05) is 9.86 Å². The maximum absolute atomic E-state index is 12.1. The minimum Gasteiger partial charge on any atom is -0.483 e. The Kier molecular flexibility index (Phi) is 5.19. The zero-order valence-electron chi connectivity index (χ0n) is 13.5. The molecule has 0 saturated heterocycles. The van der Waals surface area contributed by atoms with Crippen LogP contribution in [0.3, 0.4) is 0 Å². The van der Waals surface area contributed by atoms with Gasteiger partial charge >= 0.3 is 0 Å². The molecule has 0 spiro atoms. The Morgan fingerprint density at radius 3 is 2.84 bits per heavy atom. The third-order valence-corrected chi connectivity index (χ3v) is 4.20. The molecule has 0 radical (unpaired) electrons. The number of fused-ring (bicyclic) bond motifs is 1. The smallest absolute Gasteiger partial charge is 0.258 e. The summed E-state index contributed by atoms with van der Waals surface area (Å²) >= 11 is 3.29. The summed E-state index contributed by atoms with van der Waals surface area (Å²) in [6.45, 7) is 1.65. The number of carbonyl (C=O) groups is 2. The Morgan fingerprint density at radius 1 is 1.28 bits per heavy atom. The van der Waals surface area contributed by atoms with Crippen molar-refractivity contribution >= 4 is 39.1 Å². The first kappa shape index (κ1) is 17.2. The minimum atomic E-state index is -0.298. The third kappa shape index (κ3) is 4.09. The summed E-state index contributed by atoms with van der Waals surface area (Å²) in [6, 6.07) is 14.3. The van der Waals surface area contributed by atoms with Crippen LogP contribution in [0.15, 0.2) is 57.4 Å². The van der Waals surface area contributed by atoms with Crippen LogP contribution in [-0.2, 0) is 4.79 Å². The summed E-state index contributed by atoms with van der Waals surface area (Å²) in [6.07, 6.45) is 0.690. The molecule has 1 heterocycles. The van der Waals surface area contributed by atoms with E-state index < -0.39 is 0 Å². The average molecular weight is 402 g/mol. The molecule has 128 valence electrons. The van der Waals surface area contributed by atoms with Gasteiger partial charge in [0.2, 0.25) is 0 Å². The first-order chi connectivity index (χ1) is 12.1. The summed E-state index contributed by atoms with van der Waals surface area (Å²) in [5, 5.41) is 3.81. The van der Waals surface area contributed by atoms with Crippen molar-refractivity contribution in [2.75, 3.05) is 6.61 Å². The number of halogens is 1. The summed E-state index contributed by atoms with van der Waals surface area (Å²) < 4.78 is 12.0. The van der Waals surface area contributed by atoms with Crippen LogP contribution in [0.25, 0.3) is 11.0 Å². The van der Waals surface area contributed by atoms with Crippen LogP contribution >= 0.6 is 15.9 Å². The fourth-order valence-electron chi connectivity index (χ4n) is 2.46. The standard InChI is InChI=1S/C19H16BrNO4/c1-12(18-9-13-4-2-3-5-17(13)25-18)21-19(23)11-24-16-7-6-15(20)8-14(16)10-22/h2-10,12H,11H2,1H3,(H,21,23)/t12-/m0/s1. The van der Waals surface area contributed by atoms with Gasteiger partial charge < -0.3 is 14.5 Å². The molecule has 0 unspecified atom stereocenters. The van der Waals surface area contributed by atoms with Crippen molar-refractivity contribution in [1.82, 2.24) is 5.32 Å². The second-order valence-electron chi connectivity index (χ2n) is 5.56. The van der Waals surface area contributed by atoms with Crippen LogP contribution in [0, 0.1) is 0 Å². The molecule has 0 aliphatic rings. The van der Waals surface area contributed by atoms with Gasteiger partial charge in [-0.15, -0.1) is 0 Å². The van der Waals surface area contributed by atoms with E-state index in [1.54, 1.807) is 18.2 Å². The van der Waals surface area contributed by atoms with E-state index in [0.717, 1.165) is 15.4 Å². The molecule has 0 aliphatic carbocycles. The van der Waals surface area contributed by atoms with Crippen molar-refractivity contribution in [3.63, 3.8) is 0 Å². The number of nitrogens with one attached hydrogen (secondary N) is 1. The Hall–Kier alpha value is -2.60. The van der Waals surface area contributed by atoms with Crippen LogP contribution in [0.2, 0.25) is 0 Å². The number of hydrogen-bond acceptors (Lipinski definition) is 4. The maximum Gasteiger partial charge on any atom is 0.258 e. The van der Waals surface area contributed by atoms with Crippen molar-refractivity contribution in [1.29, 1.82) is 0 Å². The molecule has 1 N–H and O–H groups in total. The van der Waals surface area contributed by atoms with Crippen molar-refractivity contribution < 1.29 is 18.7 Å². The number of carbonyl (C=O) groups excluding carboxylic acids is 2. The lowest BCUT2D eigenvalue weighted by Crippen LogP contribution is -2.31. The summed E-state index contributed by atoms with van der Waals surface area (Å²) in [7, 11) is 0. The third-order valence-electron chi connectivity index (χ3n) is 3.71. The van der Waals surface area contributed by atoms with E-state index in [1.807, 2.05) is 37.3 Å². The molecule has 6 heteroatoms. The molecule has 3 aromatic rings. The fourth-order valence-corrected chi connectivity index (χ4v) is 2.84. The molecule has 2 aromatic carbocycles. The monoisotopic (exact) mass is 401 g/mol. The number of rotatable bonds is 6. The molecule has 25 heavy (non-hydrogen) atoms. The van der Waals surface area contributed by atoms with Crippen molar-refractivity contribution in [3.05, 3.63) is 64.3 Å². The maximum atomic E-state index is 12.1. The molecule has 5 nitrogen and oxygen atoms in total. The molecule has 1 amide bonds. The Balaban J connectivity index is 1.61. The summed E-state index contributed by atoms with van der Waals surface area (Å²) in [5.74, 6) is 0.740. The molecule has 0 saturated carbocycles. The van der Waals surface area contributed by atoms with Gasteiger partial charge in [-0.05, 0) is 37.3 Å². The van der Waals surface area contributed by atoms with Gasteiger partial charge in [0.15, 0.2) is 12.9 Å². The first-order valence-electron chi connectivity index (χ1n) is 7.72. The summed E-state index contributed by atoms with van der Waals surface area (Å²) in [4.78, 5) is 23.2. The summed E-state index contributed by atoms with van der Waals surface area (Å²) in [5.41, 5.74) is 1.16. The van der Waals surface area contributed by atoms with E-state index in [-0.39, 0.29) is 18.6 Å². The second kappa shape index (κ2) is 7.53. The van der Waals surface area contributed by atoms with E-state index in [4.69, 9.17) is 9.15 Å². The largest absolute Gasteiger partial charge is 0.483 e. The van der Waals surface area contributed by atoms with Crippen molar-refractivity contribution in [3.8, 4) is 5.75 Å². The topological polar surface area (TPSA) is 68.5 Å². The van der Waals surface area contributed by atoms with Gasteiger partial charge in [-0.3, -0.25) is 9.59 Å². The SMILES string of the molecule is C[C@H](NC(=O)COc1ccc(Br)cc1C=O)c1cc2ccccc2o1. The lowest BCUT2D eigenvalue weighted by Gasteiger charge is -2.13. The minimum absolute atomic E-state index is 0.187. The van der Waals surface area contributed by atoms with Crippen LogP contribution < -0.4 is 10.1 Å². The van der Waals surface area contributed by atoms with Crippen LogP contribution in [0.4, 0.5) is 0 Å². The molecule has 0 fully saturated rings. The predicted octanol–water partition coefficient (Wildman–Crippen LogP) is 4.26. The van der Waals surface area contributed by atoms with E-state index in [1.165, 1.54) is 0 Å². The second-order valence-corrected chi connectivity index (χ2v) is 6.48. The van der Waals surface area contributed by atoms with E-state index in [9.17, 15) is 9.59 Å². The van der Waals surface area contributed by atoms with Gasteiger partial charge in [0.05, 0.1) is 11.6 Å². The van der Waals surface area contributed by atoms with E-state index in [0.29, 0.717) is 23.4 Å². The molecule has 1 atom stereocenters. The van der Waals surface area contributed by atoms with E-state index in [2.05, 4.69) is 21.2 Å². The van der Waals surface area contributed by atoms with E-state index >= 15 is 0 Å². The fraction of sp³-hybridized carbons (Fsp3) is 0.158. The van der Waals surface area contributed by atoms with Gasteiger partial charge in [0.1, 0.15) is 17.1 Å². The highest BCUT2D eigenvalue weighted by molar-refractivity contribution is 9.10. The van der Waals surface area contributed by atoms with Gasteiger partial charge in [-0.1, -0.05) is 34.1 Å². The van der Waals surface area contributed by atoms with Crippen molar-refractivity contribution in [2.45, 2.75) is 13.0 Å². The number of para-hydroxylation sites is 1. The average Bonchev–Trinajstić information content (AvgIpc) is 3.05. The van der Waals surface area contributed by atoms with Gasteiger partial charge in [-0.2, -0.15) is 0 Å². The molecule has 0 aliphatic heterocycles. The van der Waals surface area contributed by atoms with Crippen LogP contribution in [0.1, 0.15) is 29.1 Å².